The summed E-state index contributed by atoms with van der Waals surface area (Å²) in [4.78, 5) is 2.34. The largest absolute Gasteiger partial charge is 0.456 e. The standard InChI is InChI=1S/C58H39NO/c1-2-12-43(13-3-1)53-17-6-7-18-54(53)44-27-34-52(35-28-44)59(51-32-25-42(26-33-51)49-29-36-56-55-19-8-9-20-57(55)60-58(56)39-49)50-30-23-41(24-31-50)46-15-10-16-47(37-46)48-22-21-40-11-4-5-14-45(40)38-48/h1-39H. The Morgan fingerprint density at radius 2 is 0.700 bits per heavy atom. The average Bonchev–Trinajstić information content (AvgIpc) is 3.71. The van der Waals surface area contributed by atoms with Gasteiger partial charge in [-0.25, -0.2) is 0 Å². The topological polar surface area (TPSA) is 16.4 Å². The first-order valence-electron chi connectivity index (χ1n) is 20.5. The number of anilines is 3. The summed E-state index contributed by atoms with van der Waals surface area (Å²) in [6.45, 7) is 0. The van der Waals surface area contributed by atoms with Crippen LogP contribution in [0.25, 0.3) is 88.3 Å². The summed E-state index contributed by atoms with van der Waals surface area (Å²) in [5.74, 6) is 0. The highest BCUT2D eigenvalue weighted by Gasteiger charge is 2.16. The number of nitrogens with zero attached hydrogens (tertiary/aromatic N) is 1. The Labute approximate surface area is 349 Å². The van der Waals surface area contributed by atoms with E-state index in [2.05, 4.69) is 229 Å². The molecule has 0 aliphatic heterocycles. The molecule has 60 heavy (non-hydrogen) atoms. The lowest BCUT2D eigenvalue weighted by Crippen LogP contribution is -2.09. The van der Waals surface area contributed by atoms with E-state index in [1.54, 1.807) is 0 Å². The van der Waals surface area contributed by atoms with Crippen molar-refractivity contribution in [1.82, 2.24) is 0 Å². The summed E-state index contributed by atoms with van der Waals surface area (Å²) >= 11 is 0. The number of furan rings is 1. The normalized spacial score (nSPS) is 11.3. The summed E-state index contributed by atoms with van der Waals surface area (Å²) in [6, 6.07) is 84.9. The van der Waals surface area contributed by atoms with Crippen molar-refractivity contribution in [3.63, 3.8) is 0 Å². The van der Waals surface area contributed by atoms with Crippen LogP contribution in [0, 0.1) is 0 Å². The molecule has 0 radical (unpaired) electrons. The van der Waals surface area contributed by atoms with Gasteiger partial charge >= 0.3 is 0 Å². The lowest BCUT2D eigenvalue weighted by atomic mass is 9.94. The van der Waals surface area contributed by atoms with E-state index in [1.165, 1.54) is 55.3 Å². The number of rotatable bonds is 8. The van der Waals surface area contributed by atoms with Crippen molar-refractivity contribution in [3.8, 4) is 55.6 Å². The molecule has 0 fully saturated rings. The Hall–Kier alpha value is -7.94. The number of hydrogen-bond acceptors (Lipinski definition) is 2. The van der Waals surface area contributed by atoms with Gasteiger partial charge in [-0.05, 0) is 133 Å². The van der Waals surface area contributed by atoms with Gasteiger partial charge in [-0.15, -0.1) is 0 Å². The van der Waals surface area contributed by atoms with E-state index in [0.717, 1.165) is 50.1 Å². The van der Waals surface area contributed by atoms with E-state index >= 15 is 0 Å². The molecule has 0 atom stereocenters. The fraction of sp³-hybridized carbons (Fsp3) is 0. The summed E-state index contributed by atoms with van der Waals surface area (Å²) < 4.78 is 6.24. The molecule has 0 saturated carbocycles. The minimum Gasteiger partial charge on any atom is -0.456 e. The van der Waals surface area contributed by atoms with Crippen LogP contribution in [0.2, 0.25) is 0 Å². The van der Waals surface area contributed by atoms with Crippen molar-refractivity contribution in [2.75, 3.05) is 4.90 Å². The first-order chi connectivity index (χ1) is 29.7. The molecule has 1 heterocycles. The Balaban J connectivity index is 0.950. The van der Waals surface area contributed by atoms with Gasteiger partial charge in [0, 0.05) is 27.8 Å². The molecular weight excluding hydrogens is 727 g/mol. The van der Waals surface area contributed by atoms with Gasteiger partial charge in [0.25, 0.3) is 0 Å². The smallest absolute Gasteiger partial charge is 0.136 e. The average molecular weight is 766 g/mol. The maximum atomic E-state index is 6.24. The molecule has 0 aliphatic carbocycles. The molecule has 0 N–H and O–H groups in total. The second-order valence-corrected chi connectivity index (χ2v) is 15.3. The summed E-state index contributed by atoms with van der Waals surface area (Å²) in [7, 11) is 0. The van der Waals surface area contributed by atoms with Crippen molar-refractivity contribution >= 4 is 49.8 Å². The Kier molecular flexibility index (Phi) is 8.87. The van der Waals surface area contributed by atoms with Gasteiger partial charge in [0.05, 0.1) is 0 Å². The Bertz CT molecular complexity index is 3290. The quantitative estimate of drug-likeness (QED) is 0.153. The number of fused-ring (bicyclic) bond motifs is 4. The maximum Gasteiger partial charge on any atom is 0.136 e. The zero-order valence-electron chi connectivity index (χ0n) is 32.9. The third kappa shape index (κ3) is 6.61. The van der Waals surface area contributed by atoms with Gasteiger partial charge in [0.1, 0.15) is 11.2 Å². The van der Waals surface area contributed by atoms with Gasteiger partial charge in [0.2, 0.25) is 0 Å². The first-order valence-corrected chi connectivity index (χ1v) is 20.5. The molecule has 0 unspecified atom stereocenters. The van der Waals surface area contributed by atoms with E-state index in [1.807, 2.05) is 12.1 Å². The van der Waals surface area contributed by atoms with Crippen LogP contribution < -0.4 is 4.90 Å². The Morgan fingerprint density at radius 1 is 0.250 bits per heavy atom. The highest BCUT2D eigenvalue weighted by atomic mass is 16.3. The highest BCUT2D eigenvalue weighted by Crippen LogP contribution is 2.40. The predicted octanol–water partition coefficient (Wildman–Crippen LogP) is 16.5. The number of hydrogen-bond donors (Lipinski definition) is 0. The summed E-state index contributed by atoms with van der Waals surface area (Å²) in [5.41, 5.74) is 16.9. The van der Waals surface area contributed by atoms with E-state index in [4.69, 9.17) is 4.42 Å². The lowest BCUT2D eigenvalue weighted by Gasteiger charge is -2.26. The molecule has 11 aromatic rings. The third-order valence-electron chi connectivity index (χ3n) is 11.7. The molecule has 0 aliphatic rings. The molecule has 0 spiro atoms. The predicted molar refractivity (Wildman–Crippen MR) is 253 cm³/mol. The molecule has 0 amide bonds. The van der Waals surface area contributed by atoms with Crippen molar-refractivity contribution in [2.24, 2.45) is 0 Å². The van der Waals surface area contributed by atoms with Crippen LogP contribution in [0.5, 0.6) is 0 Å². The SMILES string of the molecule is c1ccc(-c2ccccc2-c2ccc(N(c3ccc(-c4cccc(-c5ccc6ccccc6c5)c4)cc3)c3ccc(-c4ccc5c(c4)oc4ccccc45)cc3)cc2)cc1. The van der Waals surface area contributed by atoms with Gasteiger partial charge in [-0.1, -0.05) is 170 Å². The van der Waals surface area contributed by atoms with Crippen LogP contribution in [0.1, 0.15) is 0 Å². The summed E-state index contributed by atoms with van der Waals surface area (Å²) in [5, 5.41) is 4.78. The molecule has 2 nitrogen and oxygen atoms in total. The van der Waals surface area contributed by atoms with E-state index in [9.17, 15) is 0 Å². The van der Waals surface area contributed by atoms with Crippen LogP contribution in [0.15, 0.2) is 241 Å². The molecule has 0 saturated heterocycles. The van der Waals surface area contributed by atoms with Crippen molar-refractivity contribution in [1.29, 1.82) is 0 Å². The maximum absolute atomic E-state index is 6.24. The zero-order chi connectivity index (χ0) is 39.8. The van der Waals surface area contributed by atoms with Crippen molar-refractivity contribution in [2.45, 2.75) is 0 Å². The second-order valence-electron chi connectivity index (χ2n) is 15.3. The van der Waals surface area contributed by atoms with Gasteiger partial charge in [-0.2, -0.15) is 0 Å². The minimum atomic E-state index is 0.899. The minimum absolute atomic E-state index is 0.899. The van der Waals surface area contributed by atoms with Crippen LogP contribution in [-0.2, 0) is 0 Å². The molecule has 1 aromatic heterocycles. The molecule has 11 rings (SSSR count). The fourth-order valence-corrected chi connectivity index (χ4v) is 8.60. The second kappa shape index (κ2) is 15.1. The van der Waals surface area contributed by atoms with Gasteiger partial charge < -0.3 is 9.32 Å². The number of benzene rings is 10. The van der Waals surface area contributed by atoms with Crippen LogP contribution in [0.3, 0.4) is 0 Å². The third-order valence-corrected chi connectivity index (χ3v) is 11.7. The summed E-state index contributed by atoms with van der Waals surface area (Å²) in [6.07, 6.45) is 0. The first kappa shape index (κ1) is 35.2. The zero-order valence-corrected chi connectivity index (χ0v) is 32.9. The van der Waals surface area contributed by atoms with Crippen molar-refractivity contribution in [3.05, 3.63) is 237 Å². The molecule has 282 valence electrons. The van der Waals surface area contributed by atoms with Gasteiger partial charge in [0.15, 0.2) is 0 Å². The number of para-hydroxylation sites is 1. The van der Waals surface area contributed by atoms with Crippen molar-refractivity contribution < 1.29 is 4.42 Å². The fourth-order valence-electron chi connectivity index (χ4n) is 8.60. The van der Waals surface area contributed by atoms with Crippen LogP contribution in [-0.4, -0.2) is 0 Å². The molecule has 10 aromatic carbocycles. The van der Waals surface area contributed by atoms with Gasteiger partial charge in [-0.3, -0.25) is 0 Å². The van der Waals surface area contributed by atoms with E-state index < -0.39 is 0 Å². The van der Waals surface area contributed by atoms with E-state index in [0.29, 0.717) is 0 Å². The van der Waals surface area contributed by atoms with Crippen LogP contribution in [0.4, 0.5) is 17.1 Å². The Morgan fingerprint density at radius 3 is 1.38 bits per heavy atom. The monoisotopic (exact) mass is 765 g/mol. The molecular formula is C58H39NO. The van der Waals surface area contributed by atoms with Crippen LogP contribution >= 0.6 is 0 Å². The molecule has 0 bridgehead atoms. The van der Waals surface area contributed by atoms with E-state index in [-0.39, 0.29) is 0 Å². The lowest BCUT2D eigenvalue weighted by molar-refractivity contribution is 0.669. The highest BCUT2D eigenvalue weighted by molar-refractivity contribution is 6.06. The molecule has 2 heteroatoms.